The van der Waals surface area contributed by atoms with Crippen molar-refractivity contribution in [1.29, 1.82) is 0 Å². The van der Waals surface area contributed by atoms with Crippen LogP contribution in [0, 0.1) is 13.8 Å². The second kappa shape index (κ2) is 6.98. The van der Waals surface area contributed by atoms with Crippen molar-refractivity contribution < 1.29 is 8.42 Å². The van der Waals surface area contributed by atoms with Crippen molar-refractivity contribution in [2.75, 3.05) is 26.0 Å². The maximum Gasteiger partial charge on any atom is 0.243 e. The van der Waals surface area contributed by atoms with E-state index in [2.05, 4.69) is 5.10 Å². The Morgan fingerprint density at radius 1 is 1.07 bits per heavy atom. The molecule has 0 N–H and O–H groups in total. The highest BCUT2D eigenvalue weighted by Gasteiger charge is 2.24. The van der Waals surface area contributed by atoms with Gasteiger partial charge in [-0.25, -0.2) is 8.42 Å². The van der Waals surface area contributed by atoms with E-state index in [1.54, 1.807) is 23.9 Å². The van der Waals surface area contributed by atoms with Gasteiger partial charge in [0.25, 0.3) is 0 Å². The summed E-state index contributed by atoms with van der Waals surface area (Å²) in [5, 5.41) is 6.31. The van der Waals surface area contributed by atoms with Crippen LogP contribution in [-0.4, -0.2) is 43.6 Å². The van der Waals surface area contributed by atoms with Crippen LogP contribution in [0.25, 0.3) is 10.8 Å². The minimum atomic E-state index is -3.60. The fraction of sp³-hybridized carbons (Fsp3) is 0.350. The number of aryl methyl sites for hydroxylation is 2. The van der Waals surface area contributed by atoms with Crippen molar-refractivity contribution in [3.05, 3.63) is 53.3 Å². The summed E-state index contributed by atoms with van der Waals surface area (Å²) in [6, 6.07) is 11.2. The molecule has 0 radical (unpaired) electrons. The summed E-state index contributed by atoms with van der Waals surface area (Å²) in [6.07, 6.45) is 0. The molecular weight excluding hydrogens is 360 g/mol. The minimum absolute atomic E-state index is 0.295. The molecule has 0 unspecified atom stereocenters. The zero-order valence-electron chi connectivity index (χ0n) is 16.7. The van der Waals surface area contributed by atoms with Gasteiger partial charge in [-0.15, -0.1) is 0 Å². The number of sulfonamides is 1. The lowest BCUT2D eigenvalue weighted by Gasteiger charge is -2.19. The summed E-state index contributed by atoms with van der Waals surface area (Å²) in [7, 11) is 3.83. The highest BCUT2D eigenvalue weighted by Crippen LogP contribution is 2.29. The summed E-state index contributed by atoms with van der Waals surface area (Å²) < 4.78 is 29.4. The van der Waals surface area contributed by atoms with Gasteiger partial charge in [0.05, 0.1) is 10.6 Å². The summed E-state index contributed by atoms with van der Waals surface area (Å²) in [5.74, 6) is 0. The number of hydrogen-bond donors (Lipinski definition) is 0. The molecule has 0 amide bonds. The molecule has 0 aliphatic rings. The SMILES string of the molecule is Cc1nn(C)c(C)c1CN(C)S(=O)(=O)c1ccc2c(N(C)C)cccc2c1. The van der Waals surface area contributed by atoms with Crippen LogP contribution in [0.3, 0.4) is 0 Å². The van der Waals surface area contributed by atoms with Gasteiger partial charge in [-0.3, -0.25) is 4.68 Å². The topological polar surface area (TPSA) is 58.4 Å². The molecule has 3 rings (SSSR count). The first kappa shape index (κ1) is 19.4. The van der Waals surface area contributed by atoms with Crippen molar-refractivity contribution in [2.24, 2.45) is 7.05 Å². The molecule has 2 aromatic carbocycles. The van der Waals surface area contributed by atoms with Gasteiger partial charge in [-0.2, -0.15) is 9.40 Å². The molecule has 0 saturated heterocycles. The van der Waals surface area contributed by atoms with Crippen LogP contribution < -0.4 is 4.90 Å². The number of rotatable bonds is 5. The molecule has 27 heavy (non-hydrogen) atoms. The summed E-state index contributed by atoms with van der Waals surface area (Å²) in [4.78, 5) is 2.32. The van der Waals surface area contributed by atoms with Crippen molar-refractivity contribution >= 4 is 26.5 Å². The van der Waals surface area contributed by atoms with Crippen LogP contribution >= 0.6 is 0 Å². The predicted octanol–water partition coefficient (Wildman–Crippen LogP) is 3.08. The smallest absolute Gasteiger partial charge is 0.243 e. The molecule has 144 valence electrons. The third-order valence-electron chi connectivity index (χ3n) is 5.06. The van der Waals surface area contributed by atoms with Gasteiger partial charge in [0.15, 0.2) is 0 Å². The first-order chi connectivity index (χ1) is 12.6. The average Bonchev–Trinajstić information content (AvgIpc) is 2.86. The van der Waals surface area contributed by atoms with Crippen LogP contribution in [0.15, 0.2) is 41.3 Å². The van der Waals surface area contributed by atoms with Gasteiger partial charge in [0, 0.05) is 57.1 Å². The molecule has 1 aromatic heterocycles. The Bertz CT molecular complexity index is 1100. The van der Waals surface area contributed by atoms with Gasteiger partial charge >= 0.3 is 0 Å². The highest BCUT2D eigenvalue weighted by molar-refractivity contribution is 7.89. The molecule has 6 nitrogen and oxygen atoms in total. The van der Waals surface area contributed by atoms with E-state index in [1.807, 2.05) is 64.2 Å². The Labute approximate surface area is 161 Å². The summed E-state index contributed by atoms with van der Waals surface area (Å²) >= 11 is 0. The first-order valence-electron chi connectivity index (χ1n) is 8.78. The lowest BCUT2D eigenvalue weighted by molar-refractivity contribution is 0.465. The molecule has 7 heteroatoms. The van der Waals surface area contributed by atoms with Gasteiger partial charge < -0.3 is 4.90 Å². The van der Waals surface area contributed by atoms with Crippen molar-refractivity contribution in [2.45, 2.75) is 25.3 Å². The summed E-state index contributed by atoms with van der Waals surface area (Å²) in [5.41, 5.74) is 3.83. The Balaban J connectivity index is 1.99. The maximum absolute atomic E-state index is 13.1. The molecule has 0 spiro atoms. The molecule has 1 heterocycles. The lowest BCUT2D eigenvalue weighted by Crippen LogP contribution is -2.27. The van der Waals surface area contributed by atoms with E-state index in [1.165, 1.54) is 4.31 Å². The quantitative estimate of drug-likeness (QED) is 0.676. The fourth-order valence-corrected chi connectivity index (χ4v) is 4.50. The lowest BCUT2D eigenvalue weighted by atomic mass is 10.1. The number of aromatic nitrogens is 2. The van der Waals surface area contributed by atoms with Crippen molar-refractivity contribution in [3.63, 3.8) is 0 Å². The van der Waals surface area contributed by atoms with Crippen LogP contribution in [0.1, 0.15) is 17.0 Å². The van der Waals surface area contributed by atoms with E-state index >= 15 is 0 Å². The second-order valence-corrected chi connectivity index (χ2v) is 9.13. The van der Waals surface area contributed by atoms with Crippen molar-refractivity contribution in [3.8, 4) is 0 Å². The largest absolute Gasteiger partial charge is 0.377 e. The molecule has 0 fully saturated rings. The maximum atomic E-state index is 13.1. The van der Waals surface area contributed by atoms with E-state index in [0.717, 1.165) is 33.4 Å². The Morgan fingerprint density at radius 3 is 2.37 bits per heavy atom. The van der Waals surface area contributed by atoms with Crippen LogP contribution in [0.5, 0.6) is 0 Å². The van der Waals surface area contributed by atoms with Crippen LogP contribution in [0.2, 0.25) is 0 Å². The number of fused-ring (bicyclic) bond motifs is 1. The number of hydrogen-bond acceptors (Lipinski definition) is 4. The molecule has 0 saturated carbocycles. The van der Waals surface area contributed by atoms with E-state index < -0.39 is 10.0 Å². The zero-order valence-corrected chi connectivity index (χ0v) is 17.5. The monoisotopic (exact) mass is 386 g/mol. The third-order valence-corrected chi connectivity index (χ3v) is 6.86. The normalized spacial score (nSPS) is 12.1. The molecule has 0 bridgehead atoms. The number of nitrogens with zero attached hydrogens (tertiary/aromatic N) is 4. The predicted molar refractivity (Wildman–Crippen MR) is 110 cm³/mol. The Morgan fingerprint density at radius 2 is 1.78 bits per heavy atom. The molecule has 0 aliphatic heterocycles. The van der Waals surface area contributed by atoms with E-state index in [9.17, 15) is 8.42 Å². The van der Waals surface area contributed by atoms with Crippen LogP contribution in [-0.2, 0) is 23.6 Å². The van der Waals surface area contributed by atoms with Gasteiger partial charge in [-0.1, -0.05) is 18.2 Å². The van der Waals surface area contributed by atoms with Gasteiger partial charge in [0.1, 0.15) is 0 Å². The summed E-state index contributed by atoms with van der Waals surface area (Å²) in [6.45, 7) is 4.15. The van der Waals surface area contributed by atoms with Gasteiger partial charge in [0.2, 0.25) is 10.0 Å². The fourth-order valence-electron chi connectivity index (χ4n) is 3.33. The minimum Gasteiger partial charge on any atom is -0.377 e. The number of anilines is 1. The van der Waals surface area contributed by atoms with E-state index in [4.69, 9.17) is 0 Å². The highest BCUT2D eigenvalue weighted by atomic mass is 32.2. The van der Waals surface area contributed by atoms with Crippen LogP contribution in [0.4, 0.5) is 5.69 Å². The standard InChI is InChI=1S/C20H26N4O2S/c1-14-19(15(2)24(6)21-14)13-23(5)27(25,26)17-10-11-18-16(12-17)8-7-9-20(18)22(3)4/h7-12H,13H2,1-6H3. The van der Waals surface area contributed by atoms with E-state index in [-0.39, 0.29) is 0 Å². The first-order valence-corrected chi connectivity index (χ1v) is 10.2. The molecular formula is C20H26N4O2S. The zero-order chi connectivity index (χ0) is 19.9. The third kappa shape index (κ3) is 3.44. The second-order valence-electron chi connectivity index (χ2n) is 7.09. The Hall–Kier alpha value is -2.38. The molecule has 0 atom stereocenters. The molecule has 0 aliphatic carbocycles. The van der Waals surface area contributed by atoms with Gasteiger partial charge in [-0.05, 0) is 37.4 Å². The van der Waals surface area contributed by atoms with E-state index in [0.29, 0.717) is 11.4 Å². The molecule has 3 aromatic rings. The Kier molecular flexibility index (Phi) is 5.01. The average molecular weight is 387 g/mol. The number of benzene rings is 2. The van der Waals surface area contributed by atoms with Crippen molar-refractivity contribution in [1.82, 2.24) is 14.1 Å².